The molecule has 0 N–H and O–H groups in total. The molecule has 0 aromatic heterocycles. The van der Waals surface area contributed by atoms with Crippen molar-refractivity contribution in [3.05, 3.63) is 11.6 Å². The molecule has 2 atom stereocenters. The Morgan fingerprint density at radius 2 is 2.09 bits per heavy atom. The van der Waals surface area contributed by atoms with Gasteiger partial charge in [-0.05, 0) is 31.1 Å². The van der Waals surface area contributed by atoms with Crippen molar-refractivity contribution in [2.24, 2.45) is 11.8 Å². The van der Waals surface area contributed by atoms with Gasteiger partial charge in [-0.15, -0.1) is 0 Å². The SMILES string of the molecule is CCCC1=CC(C)CCC1C. The standard InChI is InChI=1S/C11H20/c1-4-5-11-8-9(2)6-7-10(11)3/h8-10H,4-7H2,1-3H3. The zero-order valence-corrected chi connectivity index (χ0v) is 8.06. The van der Waals surface area contributed by atoms with Gasteiger partial charge in [0.05, 0.1) is 0 Å². The highest BCUT2D eigenvalue weighted by Gasteiger charge is 2.15. The molecule has 1 rings (SSSR count). The third-order valence-corrected chi connectivity index (χ3v) is 2.73. The Morgan fingerprint density at radius 3 is 2.73 bits per heavy atom. The maximum absolute atomic E-state index is 2.50. The van der Waals surface area contributed by atoms with Crippen LogP contribution in [-0.4, -0.2) is 0 Å². The van der Waals surface area contributed by atoms with Crippen molar-refractivity contribution in [2.75, 3.05) is 0 Å². The van der Waals surface area contributed by atoms with Crippen molar-refractivity contribution in [1.82, 2.24) is 0 Å². The molecule has 1 aliphatic carbocycles. The molecule has 64 valence electrons. The number of rotatable bonds is 2. The van der Waals surface area contributed by atoms with E-state index >= 15 is 0 Å². The van der Waals surface area contributed by atoms with Crippen molar-refractivity contribution in [3.63, 3.8) is 0 Å². The molecule has 0 saturated heterocycles. The molecule has 0 fully saturated rings. The summed E-state index contributed by atoms with van der Waals surface area (Å²) in [6.45, 7) is 6.97. The number of allylic oxidation sites excluding steroid dienone is 2. The second-order valence-corrected chi connectivity index (χ2v) is 3.95. The van der Waals surface area contributed by atoms with E-state index in [0.29, 0.717) is 0 Å². The summed E-state index contributed by atoms with van der Waals surface area (Å²) in [6, 6.07) is 0. The molecule has 0 nitrogen and oxygen atoms in total. The van der Waals surface area contributed by atoms with E-state index in [9.17, 15) is 0 Å². The van der Waals surface area contributed by atoms with E-state index in [-0.39, 0.29) is 0 Å². The Balaban J connectivity index is 2.56. The van der Waals surface area contributed by atoms with E-state index in [1.807, 2.05) is 0 Å². The maximum Gasteiger partial charge on any atom is -0.0231 e. The predicted molar refractivity (Wildman–Crippen MR) is 50.6 cm³/mol. The summed E-state index contributed by atoms with van der Waals surface area (Å²) in [6.07, 6.45) is 7.94. The molecular weight excluding hydrogens is 132 g/mol. The second-order valence-electron chi connectivity index (χ2n) is 3.95. The van der Waals surface area contributed by atoms with Crippen LogP contribution in [0.4, 0.5) is 0 Å². The Morgan fingerprint density at radius 1 is 1.36 bits per heavy atom. The first-order valence-electron chi connectivity index (χ1n) is 4.94. The van der Waals surface area contributed by atoms with Crippen LogP contribution < -0.4 is 0 Å². The molecule has 0 saturated carbocycles. The molecule has 0 radical (unpaired) electrons. The highest BCUT2D eigenvalue weighted by Crippen LogP contribution is 2.30. The van der Waals surface area contributed by atoms with Crippen molar-refractivity contribution in [2.45, 2.75) is 46.5 Å². The quantitative estimate of drug-likeness (QED) is 0.528. The van der Waals surface area contributed by atoms with Crippen LogP contribution in [0.1, 0.15) is 46.5 Å². The average Bonchev–Trinajstić information content (AvgIpc) is 1.98. The molecule has 0 aromatic carbocycles. The van der Waals surface area contributed by atoms with E-state index in [4.69, 9.17) is 0 Å². The predicted octanol–water partition coefficient (Wildman–Crippen LogP) is 3.78. The minimum Gasteiger partial charge on any atom is -0.0822 e. The molecule has 0 spiro atoms. The van der Waals surface area contributed by atoms with Gasteiger partial charge in [0.2, 0.25) is 0 Å². The van der Waals surface area contributed by atoms with Gasteiger partial charge >= 0.3 is 0 Å². The molecule has 0 amide bonds. The Labute approximate surface area is 70.7 Å². The van der Waals surface area contributed by atoms with Crippen LogP contribution in [0.5, 0.6) is 0 Å². The highest BCUT2D eigenvalue weighted by atomic mass is 14.2. The van der Waals surface area contributed by atoms with Crippen molar-refractivity contribution in [1.29, 1.82) is 0 Å². The summed E-state index contributed by atoms with van der Waals surface area (Å²) in [5.74, 6) is 1.71. The van der Waals surface area contributed by atoms with Crippen LogP contribution in [0.3, 0.4) is 0 Å². The summed E-state index contributed by atoms with van der Waals surface area (Å²) in [5, 5.41) is 0. The molecule has 0 heterocycles. The van der Waals surface area contributed by atoms with Gasteiger partial charge in [-0.2, -0.15) is 0 Å². The molecule has 0 bridgehead atoms. The van der Waals surface area contributed by atoms with Gasteiger partial charge < -0.3 is 0 Å². The first-order valence-corrected chi connectivity index (χ1v) is 4.94. The van der Waals surface area contributed by atoms with Crippen molar-refractivity contribution < 1.29 is 0 Å². The third-order valence-electron chi connectivity index (χ3n) is 2.73. The van der Waals surface area contributed by atoms with Gasteiger partial charge in [0.25, 0.3) is 0 Å². The molecule has 0 aromatic rings. The summed E-state index contributed by atoms with van der Waals surface area (Å²) < 4.78 is 0. The van der Waals surface area contributed by atoms with Gasteiger partial charge in [-0.1, -0.05) is 38.8 Å². The zero-order chi connectivity index (χ0) is 8.27. The number of hydrogen-bond donors (Lipinski definition) is 0. The van der Waals surface area contributed by atoms with E-state index in [1.54, 1.807) is 5.57 Å². The van der Waals surface area contributed by atoms with Crippen LogP contribution in [0.2, 0.25) is 0 Å². The summed E-state index contributed by atoms with van der Waals surface area (Å²) in [4.78, 5) is 0. The van der Waals surface area contributed by atoms with Crippen molar-refractivity contribution in [3.8, 4) is 0 Å². The van der Waals surface area contributed by atoms with Crippen LogP contribution in [0.15, 0.2) is 11.6 Å². The smallest absolute Gasteiger partial charge is 0.0231 e. The second kappa shape index (κ2) is 3.94. The molecule has 0 aliphatic heterocycles. The van der Waals surface area contributed by atoms with Crippen molar-refractivity contribution >= 4 is 0 Å². The highest BCUT2D eigenvalue weighted by molar-refractivity contribution is 5.10. The minimum absolute atomic E-state index is 0.841. The molecular formula is C11H20. The zero-order valence-electron chi connectivity index (χ0n) is 8.06. The lowest BCUT2D eigenvalue weighted by molar-refractivity contribution is 0.465. The first kappa shape index (κ1) is 8.83. The van der Waals surface area contributed by atoms with E-state index in [1.165, 1.54) is 25.7 Å². The van der Waals surface area contributed by atoms with Crippen LogP contribution >= 0.6 is 0 Å². The fraction of sp³-hybridized carbons (Fsp3) is 0.818. The lowest BCUT2D eigenvalue weighted by Crippen LogP contribution is -2.09. The van der Waals surface area contributed by atoms with Crippen LogP contribution in [0.25, 0.3) is 0 Å². The van der Waals surface area contributed by atoms with Gasteiger partial charge in [-0.25, -0.2) is 0 Å². The van der Waals surface area contributed by atoms with E-state index < -0.39 is 0 Å². The van der Waals surface area contributed by atoms with Gasteiger partial charge in [0.1, 0.15) is 0 Å². The third kappa shape index (κ3) is 2.36. The van der Waals surface area contributed by atoms with E-state index in [2.05, 4.69) is 26.8 Å². The topological polar surface area (TPSA) is 0 Å². The van der Waals surface area contributed by atoms with Crippen LogP contribution in [0, 0.1) is 11.8 Å². The van der Waals surface area contributed by atoms with E-state index in [0.717, 1.165) is 11.8 Å². The monoisotopic (exact) mass is 152 g/mol. The van der Waals surface area contributed by atoms with Gasteiger partial charge in [0.15, 0.2) is 0 Å². The fourth-order valence-corrected chi connectivity index (χ4v) is 1.93. The maximum atomic E-state index is 2.50. The lowest BCUT2D eigenvalue weighted by Gasteiger charge is -2.24. The summed E-state index contributed by atoms with van der Waals surface area (Å²) in [5.41, 5.74) is 1.71. The van der Waals surface area contributed by atoms with Crippen LogP contribution in [-0.2, 0) is 0 Å². The Bertz CT molecular complexity index is 144. The summed E-state index contributed by atoms with van der Waals surface area (Å²) in [7, 11) is 0. The lowest BCUT2D eigenvalue weighted by atomic mass is 9.82. The largest absolute Gasteiger partial charge is 0.0822 e. The average molecular weight is 152 g/mol. The molecule has 11 heavy (non-hydrogen) atoms. The molecule has 2 unspecified atom stereocenters. The Kier molecular flexibility index (Phi) is 3.16. The minimum atomic E-state index is 0.841. The first-order chi connectivity index (χ1) is 5.24. The fourth-order valence-electron chi connectivity index (χ4n) is 1.93. The summed E-state index contributed by atoms with van der Waals surface area (Å²) >= 11 is 0. The van der Waals surface area contributed by atoms with Gasteiger partial charge in [-0.3, -0.25) is 0 Å². The van der Waals surface area contributed by atoms with Gasteiger partial charge in [0, 0.05) is 0 Å². The molecule has 1 aliphatic rings. The normalized spacial score (nSPS) is 31.7. The molecule has 0 heteroatoms. The number of hydrogen-bond acceptors (Lipinski definition) is 0. The Hall–Kier alpha value is -0.260.